The van der Waals surface area contributed by atoms with Crippen molar-refractivity contribution in [3.05, 3.63) is 11.6 Å². The highest BCUT2D eigenvalue weighted by molar-refractivity contribution is 7.89. The molecule has 0 aliphatic carbocycles. The van der Waals surface area contributed by atoms with E-state index < -0.39 is 10.0 Å². The van der Waals surface area contributed by atoms with E-state index in [2.05, 4.69) is 5.32 Å². The van der Waals surface area contributed by atoms with Gasteiger partial charge in [0.25, 0.3) is 0 Å². The van der Waals surface area contributed by atoms with E-state index in [4.69, 9.17) is 4.74 Å². The van der Waals surface area contributed by atoms with E-state index in [1.165, 1.54) is 5.57 Å². The molecule has 1 rings (SSSR count). The summed E-state index contributed by atoms with van der Waals surface area (Å²) in [5, 5.41) is 2.52. The number of rotatable bonds is 6. The van der Waals surface area contributed by atoms with Gasteiger partial charge in [0.1, 0.15) is 0 Å². The van der Waals surface area contributed by atoms with E-state index >= 15 is 0 Å². The van der Waals surface area contributed by atoms with Gasteiger partial charge < -0.3 is 10.1 Å². The van der Waals surface area contributed by atoms with Gasteiger partial charge in [-0.25, -0.2) is 8.42 Å². The number of hydrogen-bond acceptors (Lipinski definition) is 4. The molecule has 1 N–H and O–H groups in total. The van der Waals surface area contributed by atoms with Crippen molar-refractivity contribution in [3.63, 3.8) is 0 Å². The summed E-state index contributed by atoms with van der Waals surface area (Å²) in [5.74, 6) is 0. The zero-order chi connectivity index (χ0) is 12.9. The summed E-state index contributed by atoms with van der Waals surface area (Å²) in [6, 6.07) is 0. The van der Waals surface area contributed by atoms with E-state index in [-0.39, 0.29) is 5.25 Å². The first kappa shape index (κ1) is 14.6. The monoisotopic (exact) mass is 262 g/mol. The molecule has 100 valence electrons. The lowest BCUT2D eigenvalue weighted by molar-refractivity contribution is 0.219. The first-order chi connectivity index (χ1) is 8.02. The average Bonchev–Trinajstić information content (AvgIpc) is 2.30. The Bertz CT molecular complexity index is 365. The van der Waals surface area contributed by atoms with Crippen molar-refractivity contribution < 1.29 is 13.2 Å². The fraction of sp³-hybridized carbons (Fsp3) is 0.818. The fourth-order valence-corrected chi connectivity index (χ4v) is 3.40. The summed E-state index contributed by atoms with van der Waals surface area (Å²) in [7, 11) is 0.237. The lowest BCUT2D eigenvalue weighted by Crippen LogP contribution is -2.43. The Kier molecular flexibility index (Phi) is 5.58. The molecule has 0 aromatic rings. The standard InChI is InChI=1S/C11H22N2O3S/c1-10(8-12-2)17(14,15)13-6-4-11(5-7-13)9-16-3/h4,10,12H,5-9H2,1-3H3. The number of sulfonamides is 1. The normalized spacial score (nSPS) is 20.1. The van der Waals surface area contributed by atoms with Gasteiger partial charge in [-0.3, -0.25) is 0 Å². The van der Waals surface area contributed by atoms with Crippen LogP contribution in [0.3, 0.4) is 0 Å². The molecule has 0 radical (unpaired) electrons. The molecule has 6 heteroatoms. The van der Waals surface area contributed by atoms with Crippen LogP contribution < -0.4 is 5.32 Å². The average molecular weight is 262 g/mol. The summed E-state index contributed by atoms with van der Waals surface area (Å²) >= 11 is 0. The molecule has 17 heavy (non-hydrogen) atoms. The maximum Gasteiger partial charge on any atom is 0.218 e. The van der Waals surface area contributed by atoms with Crippen LogP contribution in [0.15, 0.2) is 11.6 Å². The highest BCUT2D eigenvalue weighted by Crippen LogP contribution is 2.17. The summed E-state index contributed by atoms with van der Waals surface area (Å²) in [6.45, 7) is 3.84. The van der Waals surface area contributed by atoms with E-state index in [0.717, 1.165) is 6.42 Å². The summed E-state index contributed by atoms with van der Waals surface area (Å²) in [6.07, 6.45) is 2.72. The molecular weight excluding hydrogens is 240 g/mol. The van der Waals surface area contributed by atoms with Gasteiger partial charge in [0.05, 0.1) is 11.9 Å². The number of ether oxygens (including phenoxy) is 1. The molecule has 1 unspecified atom stereocenters. The van der Waals surface area contributed by atoms with Gasteiger partial charge in [0.15, 0.2) is 0 Å². The molecule has 1 atom stereocenters. The SMILES string of the molecule is CNCC(C)S(=O)(=O)N1CC=C(COC)CC1. The van der Waals surface area contributed by atoms with Crippen LogP contribution in [0.1, 0.15) is 13.3 Å². The van der Waals surface area contributed by atoms with E-state index in [1.807, 2.05) is 6.08 Å². The minimum absolute atomic E-state index is 0.384. The predicted octanol–water partition coefficient (Wildman–Crippen LogP) is 0.203. The van der Waals surface area contributed by atoms with Gasteiger partial charge in [-0.1, -0.05) is 6.08 Å². The lowest BCUT2D eigenvalue weighted by atomic mass is 10.1. The summed E-state index contributed by atoms with van der Waals surface area (Å²) in [4.78, 5) is 0. The van der Waals surface area contributed by atoms with Crippen molar-refractivity contribution >= 4 is 10.0 Å². The first-order valence-electron chi connectivity index (χ1n) is 5.82. The van der Waals surface area contributed by atoms with Crippen LogP contribution in [0.2, 0.25) is 0 Å². The van der Waals surface area contributed by atoms with Gasteiger partial charge >= 0.3 is 0 Å². The number of nitrogens with zero attached hydrogens (tertiary/aromatic N) is 1. The Morgan fingerprint density at radius 1 is 1.59 bits per heavy atom. The molecule has 0 saturated heterocycles. The second-order valence-electron chi connectivity index (χ2n) is 4.32. The molecule has 0 aromatic carbocycles. The zero-order valence-corrected chi connectivity index (χ0v) is 11.6. The zero-order valence-electron chi connectivity index (χ0n) is 10.8. The third-order valence-corrected chi connectivity index (χ3v) is 5.19. The largest absolute Gasteiger partial charge is 0.380 e. The van der Waals surface area contributed by atoms with Crippen molar-refractivity contribution in [1.29, 1.82) is 0 Å². The molecule has 0 aromatic heterocycles. The van der Waals surface area contributed by atoms with Gasteiger partial charge in [-0.2, -0.15) is 4.31 Å². The van der Waals surface area contributed by atoms with E-state index in [1.54, 1.807) is 25.4 Å². The smallest absolute Gasteiger partial charge is 0.218 e. The minimum atomic E-state index is -3.18. The second kappa shape index (κ2) is 6.49. The third kappa shape index (κ3) is 3.77. The Labute approximate surface area is 104 Å². The topological polar surface area (TPSA) is 58.6 Å². The van der Waals surface area contributed by atoms with Gasteiger partial charge in [0.2, 0.25) is 10.0 Å². The predicted molar refractivity (Wildman–Crippen MR) is 68.5 cm³/mol. The van der Waals surface area contributed by atoms with Crippen molar-refractivity contribution in [2.45, 2.75) is 18.6 Å². The van der Waals surface area contributed by atoms with Gasteiger partial charge in [-0.05, 0) is 26.0 Å². The number of methoxy groups -OCH3 is 1. The molecule has 1 aliphatic heterocycles. The fourth-order valence-electron chi connectivity index (χ4n) is 1.89. The maximum atomic E-state index is 12.2. The molecule has 0 amide bonds. The van der Waals surface area contributed by atoms with Crippen molar-refractivity contribution in [3.8, 4) is 0 Å². The third-order valence-electron chi connectivity index (χ3n) is 2.96. The molecule has 1 heterocycles. The van der Waals surface area contributed by atoms with E-state index in [0.29, 0.717) is 26.2 Å². The molecule has 0 fully saturated rings. The van der Waals surface area contributed by atoms with Crippen LogP contribution in [-0.2, 0) is 14.8 Å². The Morgan fingerprint density at radius 3 is 2.76 bits per heavy atom. The highest BCUT2D eigenvalue weighted by atomic mass is 32.2. The maximum absolute atomic E-state index is 12.2. The van der Waals surface area contributed by atoms with Crippen LogP contribution >= 0.6 is 0 Å². The number of hydrogen-bond donors (Lipinski definition) is 1. The molecule has 1 aliphatic rings. The van der Waals surface area contributed by atoms with Crippen LogP contribution in [0.25, 0.3) is 0 Å². The minimum Gasteiger partial charge on any atom is -0.380 e. The Morgan fingerprint density at radius 2 is 2.29 bits per heavy atom. The molecule has 5 nitrogen and oxygen atoms in total. The lowest BCUT2D eigenvalue weighted by Gasteiger charge is -2.28. The van der Waals surface area contributed by atoms with Crippen LogP contribution in [0.4, 0.5) is 0 Å². The summed E-state index contributed by atoms with van der Waals surface area (Å²) in [5.41, 5.74) is 1.18. The van der Waals surface area contributed by atoms with Crippen LogP contribution in [0.5, 0.6) is 0 Å². The molecular formula is C11H22N2O3S. The van der Waals surface area contributed by atoms with Gasteiger partial charge in [-0.15, -0.1) is 0 Å². The summed E-state index contributed by atoms with van der Waals surface area (Å²) < 4.78 is 30.9. The van der Waals surface area contributed by atoms with Crippen molar-refractivity contribution in [2.75, 3.05) is 40.4 Å². The second-order valence-corrected chi connectivity index (χ2v) is 6.67. The van der Waals surface area contributed by atoms with Crippen molar-refractivity contribution in [2.24, 2.45) is 0 Å². The Hall–Kier alpha value is -0.430. The number of nitrogens with one attached hydrogen (secondary N) is 1. The molecule has 0 spiro atoms. The van der Waals surface area contributed by atoms with Crippen LogP contribution in [0, 0.1) is 0 Å². The van der Waals surface area contributed by atoms with E-state index in [9.17, 15) is 8.42 Å². The Balaban J connectivity index is 2.64. The quantitative estimate of drug-likeness (QED) is 0.695. The first-order valence-corrected chi connectivity index (χ1v) is 7.33. The van der Waals surface area contributed by atoms with Crippen molar-refractivity contribution in [1.82, 2.24) is 9.62 Å². The van der Waals surface area contributed by atoms with Crippen LogP contribution in [-0.4, -0.2) is 58.4 Å². The molecule has 0 saturated carbocycles. The molecule has 0 bridgehead atoms. The highest BCUT2D eigenvalue weighted by Gasteiger charge is 2.29. The van der Waals surface area contributed by atoms with Gasteiger partial charge in [0, 0.05) is 26.7 Å².